The summed E-state index contributed by atoms with van der Waals surface area (Å²) in [6.45, 7) is 9.33. The fourth-order valence-corrected chi connectivity index (χ4v) is 1.64. The second-order valence-electron chi connectivity index (χ2n) is 5.61. The fraction of sp³-hybridized carbons (Fsp3) is 0.917. The first kappa shape index (κ1) is 14.3. The Bertz CT molecular complexity index is 249. The molecule has 1 aliphatic heterocycles. The lowest BCUT2D eigenvalue weighted by Crippen LogP contribution is -2.51. The fourth-order valence-electron chi connectivity index (χ4n) is 1.64. The predicted molar refractivity (Wildman–Crippen MR) is 66.0 cm³/mol. The molecule has 0 unspecified atom stereocenters. The van der Waals surface area contributed by atoms with E-state index in [0.717, 1.165) is 0 Å². The third-order valence-corrected chi connectivity index (χ3v) is 2.55. The van der Waals surface area contributed by atoms with Crippen LogP contribution in [-0.2, 0) is 9.47 Å². The molecule has 1 aliphatic rings. The van der Waals surface area contributed by atoms with E-state index in [2.05, 4.69) is 26.1 Å². The van der Waals surface area contributed by atoms with Gasteiger partial charge in [0.15, 0.2) is 0 Å². The monoisotopic (exact) mass is 244 g/mol. The predicted octanol–water partition coefficient (Wildman–Crippen LogP) is 1.09. The van der Waals surface area contributed by atoms with Crippen LogP contribution in [0.3, 0.4) is 0 Å². The minimum Gasteiger partial charge on any atom is -0.382 e. The van der Waals surface area contributed by atoms with E-state index < -0.39 is 0 Å². The van der Waals surface area contributed by atoms with Gasteiger partial charge < -0.3 is 19.7 Å². The highest BCUT2D eigenvalue weighted by Gasteiger charge is 2.24. The third-order valence-electron chi connectivity index (χ3n) is 2.55. The standard InChI is InChI=1S/C12H24N2O3/c1-12(2,3)9-13-11(15)14-5-6-17-10(7-14)8-16-4/h10H,5-9H2,1-4H3,(H,13,15)/t10-/m0/s1. The van der Waals surface area contributed by atoms with Crippen LogP contribution in [0, 0.1) is 5.41 Å². The van der Waals surface area contributed by atoms with Gasteiger partial charge in [-0.2, -0.15) is 0 Å². The molecule has 0 bridgehead atoms. The van der Waals surface area contributed by atoms with Gasteiger partial charge in [0.2, 0.25) is 0 Å². The first-order valence-corrected chi connectivity index (χ1v) is 6.06. The number of morpholine rings is 1. The van der Waals surface area contributed by atoms with Crippen molar-refractivity contribution in [1.82, 2.24) is 10.2 Å². The number of rotatable bonds is 3. The number of amides is 2. The Morgan fingerprint density at radius 3 is 2.82 bits per heavy atom. The maximum absolute atomic E-state index is 11.9. The van der Waals surface area contributed by atoms with Crippen molar-refractivity contribution < 1.29 is 14.3 Å². The van der Waals surface area contributed by atoms with Crippen molar-refractivity contribution in [2.24, 2.45) is 5.41 Å². The first-order valence-electron chi connectivity index (χ1n) is 6.06. The van der Waals surface area contributed by atoms with E-state index >= 15 is 0 Å². The minimum atomic E-state index is -0.00988. The number of urea groups is 1. The van der Waals surface area contributed by atoms with Gasteiger partial charge in [0.1, 0.15) is 0 Å². The first-order chi connectivity index (χ1) is 7.92. The molecule has 1 fully saturated rings. The van der Waals surface area contributed by atoms with Crippen molar-refractivity contribution >= 4 is 6.03 Å². The molecular formula is C12H24N2O3. The van der Waals surface area contributed by atoms with E-state index in [9.17, 15) is 4.79 Å². The van der Waals surface area contributed by atoms with Gasteiger partial charge in [-0.15, -0.1) is 0 Å². The van der Waals surface area contributed by atoms with E-state index in [1.54, 1.807) is 12.0 Å². The largest absolute Gasteiger partial charge is 0.382 e. The van der Waals surface area contributed by atoms with Crippen molar-refractivity contribution in [2.45, 2.75) is 26.9 Å². The molecule has 0 radical (unpaired) electrons. The molecular weight excluding hydrogens is 220 g/mol. The summed E-state index contributed by atoms with van der Waals surface area (Å²) in [6.07, 6.45) is -0.00543. The Hall–Kier alpha value is -0.810. The Labute approximate surface area is 103 Å². The number of nitrogens with zero attached hydrogens (tertiary/aromatic N) is 1. The van der Waals surface area contributed by atoms with Crippen LogP contribution in [0.4, 0.5) is 4.79 Å². The second-order valence-corrected chi connectivity index (χ2v) is 5.61. The van der Waals surface area contributed by atoms with E-state index in [1.165, 1.54) is 0 Å². The summed E-state index contributed by atoms with van der Waals surface area (Å²) in [7, 11) is 1.64. The normalized spacial score (nSPS) is 21.4. The van der Waals surface area contributed by atoms with Crippen LogP contribution in [0.5, 0.6) is 0 Å². The van der Waals surface area contributed by atoms with Crippen molar-refractivity contribution in [2.75, 3.05) is 40.0 Å². The molecule has 0 aromatic rings. The highest BCUT2D eigenvalue weighted by molar-refractivity contribution is 5.74. The van der Waals surface area contributed by atoms with Crippen molar-refractivity contribution in [3.05, 3.63) is 0 Å². The maximum atomic E-state index is 11.9. The molecule has 1 saturated heterocycles. The average Bonchev–Trinajstić information content (AvgIpc) is 2.26. The Morgan fingerprint density at radius 2 is 2.24 bits per heavy atom. The highest BCUT2D eigenvalue weighted by Crippen LogP contribution is 2.11. The van der Waals surface area contributed by atoms with Gasteiger partial charge >= 0.3 is 6.03 Å². The van der Waals surface area contributed by atoms with Crippen LogP contribution >= 0.6 is 0 Å². The number of hydrogen-bond donors (Lipinski definition) is 1. The van der Waals surface area contributed by atoms with Gasteiger partial charge in [-0.3, -0.25) is 0 Å². The molecule has 0 aromatic carbocycles. The molecule has 1 atom stereocenters. The SMILES string of the molecule is COC[C@@H]1CN(C(=O)NCC(C)(C)C)CCO1. The van der Waals surface area contributed by atoms with E-state index in [1.807, 2.05) is 0 Å². The zero-order chi connectivity index (χ0) is 12.9. The number of nitrogens with one attached hydrogen (secondary N) is 1. The van der Waals surface area contributed by atoms with Crippen LogP contribution in [0.1, 0.15) is 20.8 Å². The number of methoxy groups -OCH3 is 1. The van der Waals surface area contributed by atoms with Crippen LogP contribution < -0.4 is 5.32 Å². The van der Waals surface area contributed by atoms with Gasteiger partial charge in [-0.25, -0.2) is 4.79 Å². The van der Waals surface area contributed by atoms with Gasteiger partial charge in [0.25, 0.3) is 0 Å². The summed E-state index contributed by atoms with van der Waals surface area (Å²) in [4.78, 5) is 13.7. The number of carbonyl (C=O) groups is 1. The Morgan fingerprint density at radius 1 is 1.53 bits per heavy atom. The summed E-state index contributed by atoms with van der Waals surface area (Å²) in [5.41, 5.74) is 0.105. The molecule has 0 saturated carbocycles. The van der Waals surface area contributed by atoms with E-state index in [4.69, 9.17) is 9.47 Å². The van der Waals surface area contributed by atoms with Crippen LogP contribution in [0.15, 0.2) is 0 Å². The summed E-state index contributed by atoms with van der Waals surface area (Å²) in [5.74, 6) is 0. The lowest BCUT2D eigenvalue weighted by atomic mass is 9.97. The Kier molecular flexibility index (Phi) is 5.21. The average molecular weight is 244 g/mol. The lowest BCUT2D eigenvalue weighted by Gasteiger charge is -2.33. The molecule has 1 N–H and O–H groups in total. The van der Waals surface area contributed by atoms with Crippen LogP contribution in [0.2, 0.25) is 0 Å². The molecule has 100 valence electrons. The van der Waals surface area contributed by atoms with Gasteiger partial charge in [0.05, 0.1) is 25.9 Å². The van der Waals surface area contributed by atoms with Crippen LogP contribution in [-0.4, -0.2) is 57.0 Å². The summed E-state index contributed by atoms with van der Waals surface area (Å²) < 4.78 is 10.5. The molecule has 2 amide bonds. The zero-order valence-corrected chi connectivity index (χ0v) is 11.3. The molecule has 5 nitrogen and oxygen atoms in total. The summed E-state index contributed by atoms with van der Waals surface area (Å²) >= 11 is 0. The van der Waals surface area contributed by atoms with Crippen molar-refractivity contribution in [1.29, 1.82) is 0 Å². The minimum absolute atomic E-state index is 0.00543. The summed E-state index contributed by atoms with van der Waals surface area (Å²) in [6, 6.07) is -0.00988. The van der Waals surface area contributed by atoms with Gasteiger partial charge in [0, 0.05) is 20.2 Å². The second kappa shape index (κ2) is 6.21. The van der Waals surface area contributed by atoms with Gasteiger partial charge in [-0.05, 0) is 5.41 Å². The lowest BCUT2D eigenvalue weighted by molar-refractivity contribution is -0.0495. The quantitative estimate of drug-likeness (QED) is 0.808. The number of carbonyl (C=O) groups excluding carboxylic acids is 1. The molecule has 0 aromatic heterocycles. The Balaban J connectivity index is 2.36. The maximum Gasteiger partial charge on any atom is 0.317 e. The number of ether oxygens (including phenoxy) is 2. The van der Waals surface area contributed by atoms with Crippen molar-refractivity contribution in [3.8, 4) is 0 Å². The smallest absolute Gasteiger partial charge is 0.317 e. The molecule has 1 rings (SSSR count). The molecule has 5 heteroatoms. The topological polar surface area (TPSA) is 50.8 Å². The van der Waals surface area contributed by atoms with Gasteiger partial charge in [-0.1, -0.05) is 20.8 Å². The van der Waals surface area contributed by atoms with Crippen LogP contribution in [0.25, 0.3) is 0 Å². The van der Waals surface area contributed by atoms with Crippen molar-refractivity contribution in [3.63, 3.8) is 0 Å². The molecule has 0 aliphatic carbocycles. The number of hydrogen-bond acceptors (Lipinski definition) is 3. The van der Waals surface area contributed by atoms with E-state index in [0.29, 0.717) is 32.8 Å². The summed E-state index contributed by atoms with van der Waals surface area (Å²) in [5, 5.41) is 2.95. The molecule has 0 spiro atoms. The zero-order valence-electron chi connectivity index (χ0n) is 11.3. The van der Waals surface area contributed by atoms with E-state index in [-0.39, 0.29) is 17.6 Å². The third kappa shape index (κ3) is 5.37. The molecule has 1 heterocycles. The highest BCUT2D eigenvalue weighted by atomic mass is 16.5. The molecule has 17 heavy (non-hydrogen) atoms.